The van der Waals surface area contributed by atoms with E-state index in [9.17, 15) is 4.79 Å². The van der Waals surface area contributed by atoms with Crippen LogP contribution in [-0.4, -0.2) is 16.6 Å². The molecule has 0 fully saturated rings. The highest BCUT2D eigenvalue weighted by Gasteiger charge is 2.06. The summed E-state index contributed by atoms with van der Waals surface area (Å²) in [5.74, 6) is 1.23. The minimum absolute atomic E-state index is 0.0696. The highest BCUT2D eigenvalue weighted by atomic mass is 127. The maximum Gasteiger partial charge on any atom is 0.338 e. The van der Waals surface area contributed by atoms with E-state index in [0.29, 0.717) is 17.9 Å². The van der Waals surface area contributed by atoms with E-state index in [1.807, 2.05) is 12.2 Å². The molecule has 0 aliphatic carbocycles. The monoisotopic (exact) mass is 356 g/mol. The predicted octanol–water partition coefficient (Wildman–Crippen LogP) is 3.43. The second-order valence-corrected chi connectivity index (χ2v) is 5.62. The third-order valence-electron chi connectivity index (χ3n) is 2.20. The van der Waals surface area contributed by atoms with Gasteiger partial charge in [0.2, 0.25) is 0 Å². The second kappa shape index (κ2) is 6.49. The van der Waals surface area contributed by atoms with Gasteiger partial charge >= 0.3 is 5.97 Å². The molecule has 1 aromatic carbocycles. The van der Waals surface area contributed by atoms with Gasteiger partial charge in [-0.15, -0.1) is 0 Å². The molecule has 0 amide bonds. The quantitative estimate of drug-likeness (QED) is 0.613. The Morgan fingerprint density at radius 3 is 2.67 bits per heavy atom. The third kappa shape index (κ3) is 3.53. The van der Waals surface area contributed by atoms with Gasteiger partial charge < -0.3 is 9.47 Å². The maximum absolute atomic E-state index is 11.5. The zero-order valence-corrected chi connectivity index (χ0v) is 12.1. The van der Waals surface area contributed by atoms with Gasteiger partial charge in [0.15, 0.2) is 0 Å². The van der Waals surface area contributed by atoms with Crippen LogP contribution >= 0.6 is 20.7 Å². The normalized spacial score (nSPS) is 13.5. The van der Waals surface area contributed by atoms with Crippen LogP contribution in [0.2, 0.25) is 0 Å². The van der Waals surface area contributed by atoms with Crippen molar-refractivity contribution in [1.29, 1.82) is 0 Å². The van der Waals surface area contributed by atoms with Gasteiger partial charge in [-0.05, 0) is 51.4 Å². The molecule has 18 heavy (non-hydrogen) atoms. The fourth-order valence-corrected chi connectivity index (χ4v) is 2.74. The summed E-state index contributed by atoms with van der Waals surface area (Å²) in [5, 5.41) is 0. The van der Waals surface area contributed by atoms with Gasteiger partial charge in [-0.3, -0.25) is 0 Å². The predicted molar refractivity (Wildman–Crippen MR) is 80.3 cm³/mol. The summed E-state index contributed by atoms with van der Waals surface area (Å²) in [6, 6.07) is 6.95. The van der Waals surface area contributed by atoms with Crippen LogP contribution in [0.5, 0.6) is 5.75 Å². The van der Waals surface area contributed by atoms with Crippen molar-refractivity contribution in [1.82, 2.24) is 0 Å². The van der Waals surface area contributed by atoms with Crippen molar-refractivity contribution in [3.05, 3.63) is 51.8 Å². The SMILES string of the molecule is CCOC(=O)c1ccc(OC2=CC=IC=C2)cc1. The molecule has 0 bridgehead atoms. The molecule has 1 heterocycles. The number of benzene rings is 1. The van der Waals surface area contributed by atoms with Crippen LogP contribution in [0.1, 0.15) is 17.3 Å². The first kappa shape index (κ1) is 13.0. The van der Waals surface area contributed by atoms with Gasteiger partial charge in [-0.25, -0.2) is 4.79 Å². The molecular weight excluding hydrogens is 343 g/mol. The van der Waals surface area contributed by atoms with Crippen LogP contribution in [0.3, 0.4) is 0 Å². The molecule has 94 valence electrons. The van der Waals surface area contributed by atoms with E-state index in [1.165, 1.54) is 0 Å². The van der Waals surface area contributed by atoms with Crippen LogP contribution in [0, 0.1) is 0 Å². The van der Waals surface area contributed by atoms with E-state index in [0.717, 1.165) is 5.76 Å². The molecule has 1 aliphatic heterocycles. The Hall–Kier alpha value is -1.43. The fraction of sp³-hybridized carbons (Fsp3) is 0.143. The molecule has 0 unspecified atom stereocenters. The summed E-state index contributed by atoms with van der Waals surface area (Å²) in [6.45, 7) is 2.17. The summed E-state index contributed by atoms with van der Waals surface area (Å²) >= 11 is 0.0696. The van der Waals surface area contributed by atoms with Crippen LogP contribution in [0.25, 0.3) is 0 Å². The maximum atomic E-state index is 11.5. The Morgan fingerprint density at radius 1 is 1.28 bits per heavy atom. The van der Waals surface area contributed by atoms with E-state index in [-0.39, 0.29) is 26.7 Å². The van der Waals surface area contributed by atoms with Crippen LogP contribution in [0.4, 0.5) is 0 Å². The van der Waals surface area contributed by atoms with E-state index in [4.69, 9.17) is 9.47 Å². The van der Waals surface area contributed by atoms with Gasteiger partial charge in [0.05, 0.1) is 12.2 Å². The van der Waals surface area contributed by atoms with E-state index >= 15 is 0 Å². The highest BCUT2D eigenvalue weighted by Crippen LogP contribution is 2.18. The molecule has 1 aliphatic rings. The van der Waals surface area contributed by atoms with Crippen LogP contribution in [-0.2, 0) is 4.74 Å². The molecule has 3 nitrogen and oxygen atoms in total. The number of hydrogen-bond donors (Lipinski definition) is 0. The van der Waals surface area contributed by atoms with Gasteiger partial charge in [-0.1, -0.05) is 20.7 Å². The largest absolute Gasteiger partial charge is 0.462 e. The van der Waals surface area contributed by atoms with Crippen molar-refractivity contribution < 1.29 is 14.3 Å². The number of ether oxygens (including phenoxy) is 2. The van der Waals surface area contributed by atoms with Crippen molar-refractivity contribution in [3.8, 4) is 5.75 Å². The highest BCUT2D eigenvalue weighted by molar-refractivity contribution is 14.2. The molecule has 0 aromatic heterocycles. The van der Waals surface area contributed by atoms with Crippen LogP contribution < -0.4 is 4.74 Å². The molecule has 4 heteroatoms. The molecule has 2 rings (SSSR count). The average molecular weight is 356 g/mol. The molecular formula is C14H13IO3. The molecule has 1 aromatic rings. The first-order valence-corrected chi connectivity index (χ1v) is 8.06. The summed E-state index contributed by atoms with van der Waals surface area (Å²) in [5.41, 5.74) is 0.537. The van der Waals surface area contributed by atoms with E-state index in [2.05, 4.69) is 8.09 Å². The van der Waals surface area contributed by atoms with Crippen molar-refractivity contribution in [2.75, 3.05) is 6.61 Å². The van der Waals surface area contributed by atoms with Gasteiger partial charge in [-0.2, -0.15) is 0 Å². The van der Waals surface area contributed by atoms with Gasteiger partial charge in [0, 0.05) is 0 Å². The smallest absolute Gasteiger partial charge is 0.338 e. The standard InChI is InChI=1S/C14H13IO3/c1-2-17-14(16)11-3-5-12(6-4-11)18-13-7-9-15-10-8-13/h3-10H,2H2,1H3. The Labute approximate surface area is 116 Å². The van der Waals surface area contributed by atoms with Crippen molar-refractivity contribution in [3.63, 3.8) is 0 Å². The van der Waals surface area contributed by atoms with Gasteiger partial charge in [0.1, 0.15) is 11.5 Å². The summed E-state index contributed by atoms with van der Waals surface area (Å²) < 4.78 is 14.9. The number of carbonyl (C=O) groups is 1. The van der Waals surface area contributed by atoms with E-state index in [1.54, 1.807) is 31.2 Å². The lowest BCUT2D eigenvalue weighted by Crippen LogP contribution is -2.04. The second-order valence-electron chi connectivity index (χ2n) is 3.46. The van der Waals surface area contributed by atoms with Crippen LogP contribution in [0.15, 0.2) is 46.3 Å². The minimum atomic E-state index is -0.307. The molecule has 0 atom stereocenters. The van der Waals surface area contributed by atoms with Crippen molar-refractivity contribution >= 4 is 30.7 Å². The number of hydrogen-bond acceptors (Lipinski definition) is 3. The molecule has 0 radical (unpaired) electrons. The Balaban J connectivity index is 2.04. The van der Waals surface area contributed by atoms with Crippen molar-refractivity contribution in [2.45, 2.75) is 6.92 Å². The summed E-state index contributed by atoms with van der Waals surface area (Å²) in [7, 11) is 0. The molecule has 0 N–H and O–H groups in total. The molecule has 0 saturated heterocycles. The zero-order valence-electron chi connectivity index (χ0n) is 9.93. The number of rotatable bonds is 4. The fourth-order valence-electron chi connectivity index (χ4n) is 1.37. The molecule has 0 saturated carbocycles. The lowest BCUT2D eigenvalue weighted by molar-refractivity contribution is 0.0526. The zero-order chi connectivity index (χ0) is 12.8. The van der Waals surface area contributed by atoms with Gasteiger partial charge in [0.25, 0.3) is 0 Å². The summed E-state index contributed by atoms with van der Waals surface area (Å²) in [6.07, 6.45) is 3.96. The molecule has 0 spiro atoms. The topological polar surface area (TPSA) is 35.5 Å². The Kier molecular flexibility index (Phi) is 4.69. The average Bonchev–Trinajstić information content (AvgIpc) is 2.41. The first-order valence-electron chi connectivity index (χ1n) is 5.56. The lowest BCUT2D eigenvalue weighted by Gasteiger charge is -2.08. The van der Waals surface area contributed by atoms with E-state index < -0.39 is 0 Å². The third-order valence-corrected chi connectivity index (χ3v) is 3.75. The first-order chi connectivity index (χ1) is 8.79. The number of esters is 1. The number of allylic oxidation sites excluding steroid dienone is 2. The lowest BCUT2D eigenvalue weighted by atomic mass is 10.2. The summed E-state index contributed by atoms with van der Waals surface area (Å²) in [4.78, 5) is 11.5. The Morgan fingerprint density at radius 2 is 2.06 bits per heavy atom. The minimum Gasteiger partial charge on any atom is -0.462 e. The number of halogens is 1. The van der Waals surface area contributed by atoms with Crippen molar-refractivity contribution in [2.24, 2.45) is 0 Å². The Bertz CT molecular complexity index is 512. The number of carbonyl (C=O) groups excluding carboxylic acids is 1.